The lowest BCUT2D eigenvalue weighted by molar-refractivity contribution is -0.142. The lowest BCUT2D eigenvalue weighted by Crippen LogP contribution is -2.43. The number of rotatable bonds is 5. The number of hydrogen-bond acceptors (Lipinski definition) is 5. The number of carbonyl (C=O) groups excluding carboxylic acids is 1. The van der Waals surface area contributed by atoms with Crippen LogP contribution in [-0.2, 0) is 26.2 Å². The van der Waals surface area contributed by atoms with Crippen LogP contribution in [-0.4, -0.2) is 58.1 Å². The molecule has 1 aliphatic rings. The second kappa shape index (κ2) is 7.59. The molecule has 1 aromatic heterocycles. The molecule has 1 atom stereocenters. The molecule has 0 bridgehead atoms. The minimum absolute atomic E-state index is 0.0494. The average Bonchev–Trinajstić information content (AvgIpc) is 2.79. The van der Waals surface area contributed by atoms with Gasteiger partial charge < -0.3 is 10.4 Å². The monoisotopic (exact) mass is 400 g/mol. The Morgan fingerprint density at radius 2 is 1.93 bits per heavy atom. The zero-order valence-corrected chi connectivity index (χ0v) is 17.3. The van der Waals surface area contributed by atoms with Gasteiger partial charge in [-0.05, 0) is 47.5 Å². The van der Waals surface area contributed by atoms with Crippen LogP contribution in [0.1, 0.15) is 45.0 Å². The maximum atomic E-state index is 13.1. The van der Waals surface area contributed by atoms with Crippen molar-refractivity contribution in [3.8, 4) is 0 Å². The smallest absolute Gasteiger partial charge is 0.307 e. The van der Waals surface area contributed by atoms with Gasteiger partial charge >= 0.3 is 5.97 Å². The standard InChI is InChI=1S/C17H28N4O5S/c1-11-15(12(2)21(19-11)10-14(22)18-17(3,4)5)27(25,26)20-8-6-7-13(9-20)16(23)24/h13H,6-10H2,1-5H3,(H,18,22)(H,23,24)/t13-/m1/s1. The first kappa shape index (κ1) is 21.4. The predicted octanol–water partition coefficient (Wildman–Crippen LogP) is 0.900. The minimum Gasteiger partial charge on any atom is -0.481 e. The van der Waals surface area contributed by atoms with Gasteiger partial charge in [0.15, 0.2) is 0 Å². The van der Waals surface area contributed by atoms with Crippen LogP contribution in [0.5, 0.6) is 0 Å². The first-order valence-electron chi connectivity index (χ1n) is 8.91. The van der Waals surface area contributed by atoms with Gasteiger partial charge in [0.1, 0.15) is 11.4 Å². The van der Waals surface area contributed by atoms with Gasteiger partial charge in [-0.3, -0.25) is 14.3 Å². The van der Waals surface area contributed by atoms with Gasteiger partial charge in [-0.2, -0.15) is 9.40 Å². The zero-order valence-electron chi connectivity index (χ0n) is 16.4. The molecular weight excluding hydrogens is 372 g/mol. The molecule has 1 amide bonds. The summed E-state index contributed by atoms with van der Waals surface area (Å²) in [6.07, 6.45) is 0.960. The van der Waals surface area contributed by atoms with E-state index < -0.39 is 27.4 Å². The number of carboxylic acids is 1. The number of carboxylic acid groups (broad SMARTS) is 1. The molecule has 27 heavy (non-hydrogen) atoms. The molecule has 0 saturated carbocycles. The Morgan fingerprint density at radius 3 is 2.48 bits per heavy atom. The normalized spacial score (nSPS) is 19.1. The number of sulfonamides is 1. The highest BCUT2D eigenvalue weighted by molar-refractivity contribution is 7.89. The summed E-state index contributed by atoms with van der Waals surface area (Å²) in [5.74, 6) is -1.96. The number of carbonyl (C=O) groups is 2. The molecule has 0 spiro atoms. The van der Waals surface area contributed by atoms with E-state index in [-0.39, 0.29) is 30.4 Å². The van der Waals surface area contributed by atoms with E-state index in [1.807, 2.05) is 20.8 Å². The second-order valence-corrected chi connectivity index (χ2v) is 9.87. The van der Waals surface area contributed by atoms with Crippen LogP contribution in [0.2, 0.25) is 0 Å². The Balaban J connectivity index is 2.29. The van der Waals surface area contributed by atoms with Crippen molar-refractivity contribution in [3.05, 3.63) is 11.4 Å². The number of aryl methyl sites for hydroxylation is 1. The van der Waals surface area contributed by atoms with E-state index in [1.54, 1.807) is 13.8 Å². The molecule has 152 valence electrons. The lowest BCUT2D eigenvalue weighted by Gasteiger charge is -2.29. The lowest BCUT2D eigenvalue weighted by atomic mass is 10.0. The van der Waals surface area contributed by atoms with Crippen molar-refractivity contribution in [2.45, 2.75) is 64.4 Å². The number of nitrogens with one attached hydrogen (secondary N) is 1. The van der Waals surface area contributed by atoms with Crippen molar-refractivity contribution in [1.29, 1.82) is 0 Å². The topological polar surface area (TPSA) is 122 Å². The van der Waals surface area contributed by atoms with E-state index in [9.17, 15) is 23.1 Å². The fourth-order valence-corrected chi connectivity index (χ4v) is 5.19. The SMILES string of the molecule is Cc1nn(CC(=O)NC(C)(C)C)c(C)c1S(=O)(=O)N1CCC[C@@H](C(=O)O)C1. The van der Waals surface area contributed by atoms with E-state index in [0.717, 1.165) is 0 Å². The Morgan fingerprint density at radius 1 is 1.30 bits per heavy atom. The highest BCUT2D eigenvalue weighted by Gasteiger charge is 2.36. The van der Waals surface area contributed by atoms with Crippen molar-refractivity contribution in [2.75, 3.05) is 13.1 Å². The molecule has 0 aromatic carbocycles. The first-order valence-corrected chi connectivity index (χ1v) is 10.3. The highest BCUT2D eigenvalue weighted by Crippen LogP contribution is 2.28. The molecule has 0 unspecified atom stereocenters. The number of hydrogen-bond donors (Lipinski definition) is 2. The van der Waals surface area contributed by atoms with Crippen molar-refractivity contribution in [1.82, 2.24) is 19.4 Å². The Bertz CT molecular complexity index is 838. The molecule has 1 saturated heterocycles. The van der Waals surface area contributed by atoms with E-state index in [2.05, 4.69) is 10.4 Å². The number of aromatic nitrogens is 2. The highest BCUT2D eigenvalue weighted by atomic mass is 32.2. The summed E-state index contributed by atoms with van der Waals surface area (Å²) in [5, 5.41) is 16.3. The molecule has 1 aromatic rings. The minimum atomic E-state index is -3.88. The molecule has 10 heteroatoms. The molecular formula is C17H28N4O5S. The van der Waals surface area contributed by atoms with E-state index in [4.69, 9.17) is 0 Å². The largest absolute Gasteiger partial charge is 0.481 e. The summed E-state index contributed by atoms with van der Waals surface area (Å²) in [5.41, 5.74) is 0.268. The third kappa shape index (κ3) is 4.86. The van der Waals surface area contributed by atoms with Gasteiger partial charge in [0.25, 0.3) is 0 Å². The number of aliphatic carboxylic acids is 1. The second-order valence-electron chi connectivity index (χ2n) is 8.00. The first-order chi connectivity index (χ1) is 12.3. The van der Waals surface area contributed by atoms with Crippen molar-refractivity contribution >= 4 is 21.9 Å². The molecule has 0 radical (unpaired) electrons. The van der Waals surface area contributed by atoms with Crippen LogP contribution < -0.4 is 5.32 Å². The Kier molecular flexibility index (Phi) is 6.00. The third-order valence-corrected chi connectivity index (χ3v) is 6.57. The Labute approximate surface area is 159 Å². The average molecular weight is 401 g/mol. The van der Waals surface area contributed by atoms with Gasteiger partial charge in [0.05, 0.1) is 17.3 Å². The molecule has 0 aliphatic carbocycles. The van der Waals surface area contributed by atoms with Gasteiger partial charge in [0.2, 0.25) is 15.9 Å². The van der Waals surface area contributed by atoms with Crippen LogP contribution >= 0.6 is 0 Å². The molecule has 2 heterocycles. The zero-order chi connectivity index (χ0) is 20.6. The molecule has 1 fully saturated rings. The van der Waals surface area contributed by atoms with Crippen LogP contribution in [0.15, 0.2) is 4.90 Å². The quantitative estimate of drug-likeness (QED) is 0.757. The molecule has 1 aliphatic heterocycles. The van der Waals surface area contributed by atoms with Crippen LogP contribution in [0, 0.1) is 19.8 Å². The van der Waals surface area contributed by atoms with E-state index in [0.29, 0.717) is 24.2 Å². The molecule has 9 nitrogen and oxygen atoms in total. The summed E-state index contributed by atoms with van der Waals surface area (Å²) in [6, 6.07) is 0. The maximum absolute atomic E-state index is 13.1. The third-order valence-electron chi connectivity index (χ3n) is 4.45. The maximum Gasteiger partial charge on any atom is 0.307 e. The van der Waals surface area contributed by atoms with Gasteiger partial charge in [0, 0.05) is 18.6 Å². The number of piperidine rings is 1. The van der Waals surface area contributed by atoms with Crippen LogP contribution in [0.4, 0.5) is 0 Å². The van der Waals surface area contributed by atoms with Gasteiger partial charge in [-0.15, -0.1) is 0 Å². The summed E-state index contributed by atoms with van der Waals surface area (Å²) in [4.78, 5) is 23.5. The summed E-state index contributed by atoms with van der Waals surface area (Å²) >= 11 is 0. The molecule has 2 N–H and O–H groups in total. The van der Waals surface area contributed by atoms with Gasteiger partial charge in [-0.25, -0.2) is 8.42 Å². The van der Waals surface area contributed by atoms with Crippen molar-refractivity contribution < 1.29 is 23.1 Å². The number of amides is 1. The molecule has 2 rings (SSSR count). The van der Waals surface area contributed by atoms with Crippen molar-refractivity contribution in [2.24, 2.45) is 5.92 Å². The predicted molar refractivity (Wildman–Crippen MR) is 98.7 cm³/mol. The number of nitrogens with zero attached hydrogens (tertiary/aromatic N) is 3. The summed E-state index contributed by atoms with van der Waals surface area (Å²) < 4.78 is 28.8. The fraction of sp³-hybridized carbons (Fsp3) is 0.706. The summed E-state index contributed by atoms with van der Waals surface area (Å²) in [6.45, 7) is 8.91. The summed E-state index contributed by atoms with van der Waals surface area (Å²) in [7, 11) is -3.88. The van der Waals surface area contributed by atoms with E-state index >= 15 is 0 Å². The van der Waals surface area contributed by atoms with Crippen LogP contribution in [0.3, 0.4) is 0 Å². The van der Waals surface area contributed by atoms with Gasteiger partial charge in [-0.1, -0.05) is 0 Å². The van der Waals surface area contributed by atoms with Crippen LogP contribution in [0.25, 0.3) is 0 Å². The Hall–Kier alpha value is -1.94. The van der Waals surface area contributed by atoms with Crippen molar-refractivity contribution in [3.63, 3.8) is 0 Å². The van der Waals surface area contributed by atoms with E-state index in [1.165, 1.54) is 8.99 Å². The fourth-order valence-electron chi connectivity index (χ4n) is 3.29.